The van der Waals surface area contributed by atoms with Crippen LogP contribution < -0.4 is 9.47 Å². The molecule has 7 heteroatoms. The van der Waals surface area contributed by atoms with Gasteiger partial charge in [-0.05, 0) is 24.0 Å². The van der Waals surface area contributed by atoms with Crippen LogP contribution in [0.5, 0.6) is 11.5 Å². The third-order valence-corrected chi connectivity index (χ3v) is 3.87. The first kappa shape index (κ1) is 16.9. The highest BCUT2D eigenvalue weighted by Gasteiger charge is 2.19. The maximum absolute atomic E-state index is 11.0. The molecule has 0 radical (unpaired) electrons. The van der Waals surface area contributed by atoms with E-state index in [9.17, 15) is 10.1 Å². The van der Waals surface area contributed by atoms with E-state index in [4.69, 9.17) is 21.1 Å². The molecule has 0 amide bonds. The van der Waals surface area contributed by atoms with Crippen molar-refractivity contribution in [1.29, 1.82) is 0 Å². The molecule has 0 heterocycles. The molecule has 112 valence electrons. The lowest BCUT2D eigenvalue weighted by Gasteiger charge is -2.12. The minimum absolute atomic E-state index is 0.0428. The van der Waals surface area contributed by atoms with E-state index in [2.05, 4.69) is 6.92 Å². The van der Waals surface area contributed by atoms with Crippen LogP contribution in [0.3, 0.4) is 0 Å². The van der Waals surface area contributed by atoms with Crippen LogP contribution in [0.1, 0.15) is 18.9 Å². The average molecular weight is 320 g/mol. The second-order valence-corrected chi connectivity index (χ2v) is 5.58. The van der Waals surface area contributed by atoms with E-state index in [0.29, 0.717) is 23.7 Å². The Morgan fingerprint density at radius 3 is 2.70 bits per heavy atom. The molecule has 0 fully saturated rings. The number of nitro groups is 1. The Labute approximate surface area is 127 Å². The number of ether oxygens (including phenoxy) is 2. The van der Waals surface area contributed by atoms with Crippen molar-refractivity contribution in [2.45, 2.75) is 19.2 Å². The summed E-state index contributed by atoms with van der Waals surface area (Å²) < 4.78 is 10.8. The van der Waals surface area contributed by atoms with Crippen LogP contribution in [0, 0.1) is 10.1 Å². The Balaban J connectivity index is 2.82. The standard InChI is InChI=1S/C13H18ClNO4S/c1-3-20-6-4-5-19-13-8-11(15(16)17)10(9-14)7-12(13)18-2/h7-8H,3-6,9H2,1-2H3. The van der Waals surface area contributed by atoms with E-state index in [1.54, 1.807) is 6.07 Å². The topological polar surface area (TPSA) is 61.6 Å². The predicted molar refractivity (Wildman–Crippen MR) is 82.3 cm³/mol. The van der Waals surface area contributed by atoms with Gasteiger partial charge in [-0.15, -0.1) is 11.6 Å². The van der Waals surface area contributed by atoms with Crippen LogP contribution in [0.15, 0.2) is 12.1 Å². The van der Waals surface area contributed by atoms with Gasteiger partial charge in [0.2, 0.25) is 0 Å². The quantitative estimate of drug-likeness (QED) is 0.299. The molecule has 0 aliphatic carbocycles. The first-order valence-corrected chi connectivity index (χ1v) is 7.94. The van der Waals surface area contributed by atoms with E-state index in [0.717, 1.165) is 17.9 Å². The summed E-state index contributed by atoms with van der Waals surface area (Å²) in [5.41, 5.74) is 0.376. The molecule has 5 nitrogen and oxygen atoms in total. The molecule has 0 aliphatic rings. The predicted octanol–water partition coefficient (Wildman–Crippen LogP) is 3.86. The van der Waals surface area contributed by atoms with Crippen LogP contribution in [0.4, 0.5) is 5.69 Å². The average Bonchev–Trinajstić information content (AvgIpc) is 2.46. The Hall–Kier alpha value is -1.14. The second-order valence-electron chi connectivity index (χ2n) is 3.92. The minimum atomic E-state index is -0.461. The summed E-state index contributed by atoms with van der Waals surface area (Å²) >= 11 is 7.55. The van der Waals surface area contributed by atoms with E-state index < -0.39 is 4.92 Å². The lowest BCUT2D eigenvalue weighted by Crippen LogP contribution is -2.03. The van der Waals surface area contributed by atoms with Gasteiger partial charge in [0.05, 0.1) is 30.6 Å². The number of alkyl halides is 1. The molecule has 1 aromatic rings. The number of benzene rings is 1. The minimum Gasteiger partial charge on any atom is -0.493 e. The number of rotatable bonds is 9. The van der Waals surface area contributed by atoms with Crippen LogP contribution >= 0.6 is 23.4 Å². The molecule has 0 aromatic heterocycles. The normalized spacial score (nSPS) is 10.3. The van der Waals surface area contributed by atoms with Gasteiger partial charge in [0.15, 0.2) is 11.5 Å². The van der Waals surface area contributed by atoms with Gasteiger partial charge < -0.3 is 9.47 Å². The molecule has 0 spiro atoms. The van der Waals surface area contributed by atoms with Crippen LogP contribution in [-0.2, 0) is 5.88 Å². The van der Waals surface area contributed by atoms with Crippen molar-refractivity contribution in [2.75, 3.05) is 25.2 Å². The molecular formula is C13H18ClNO4S. The summed E-state index contributed by atoms with van der Waals surface area (Å²) in [5.74, 6) is 2.98. The molecule has 20 heavy (non-hydrogen) atoms. The van der Waals surface area contributed by atoms with Gasteiger partial charge in [0.25, 0.3) is 5.69 Å². The van der Waals surface area contributed by atoms with E-state index in [-0.39, 0.29) is 11.6 Å². The fourth-order valence-corrected chi connectivity index (χ4v) is 2.45. The number of halogens is 1. The Bertz CT molecular complexity index is 456. The molecule has 0 bridgehead atoms. The molecule has 0 saturated carbocycles. The van der Waals surface area contributed by atoms with Crippen LogP contribution in [0.2, 0.25) is 0 Å². The molecule has 0 unspecified atom stereocenters. The highest BCUT2D eigenvalue weighted by atomic mass is 35.5. The van der Waals surface area contributed by atoms with E-state index in [1.165, 1.54) is 13.2 Å². The third kappa shape index (κ3) is 4.76. The second kappa shape index (κ2) is 8.92. The Morgan fingerprint density at radius 2 is 2.15 bits per heavy atom. The van der Waals surface area contributed by atoms with Crippen molar-refractivity contribution in [3.8, 4) is 11.5 Å². The summed E-state index contributed by atoms with van der Waals surface area (Å²) in [5, 5.41) is 11.0. The first-order valence-electron chi connectivity index (χ1n) is 6.25. The third-order valence-electron chi connectivity index (χ3n) is 2.60. The number of thioether (sulfide) groups is 1. The van der Waals surface area contributed by atoms with Gasteiger partial charge >= 0.3 is 0 Å². The van der Waals surface area contributed by atoms with Gasteiger partial charge in [-0.25, -0.2) is 0 Å². The maximum atomic E-state index is 11.0. The largest absolute Gasteiger partial charge is 0.493 e. The van der Waals surface area contributed by atoms with E-state index in [1.807, 2.05) is 11.8 Å². The highest BCUT2D eigenvalue weighted by Crippen LogP contribution is 2.35. The molecule has 1 aromatic carbocycles. The Kier molecular flexibility index (Phi) is 7.54. The summed E-state index contributed by atoms with van der Waals surface area (Å²) in [6, 6.07) is 2.94. The molecule has 0 aliphatic heterocycles. The van der Waals surface area contributed by atoms with E-state index >= 15 is 0 Å². The lowest BCUT2D eigenvalue weighted by atomic mass is 10.2. The van der Waals surface area contributed by atoms with Crippen molar-refractivity contribution in [3.63, 3.8) is 0 Å². The zero-order chi connectivity index (χ0) is 15.0. The maximum Gasteiger partial charge on any atom is 0.277 e. The fourth-order valence-electron chi connectivity index (χ4n) is 1.63. The number of hydrogen-bond acceptors (Lipinski definition) is 5. The van der Waals surface area contributed by atoms with Gasteiger partial charge in [0.1, 0.15) is 0 Å². The number of nitrogens with zero attached hydrogens (tertiary/aromatic N) is 1. The van der Waals surface area contributed by atoms with Crippen molar-refractivity contribution >= 4 is 29.1 Å². The van der Waals surface area contributed by atoms with Gasteiger partial charge in [0, 0.05) is 5.56 Å². The van der Waals surface area contributed by atoms with Crippen molar-refractivity contribution in [3.05, 3.63) is 27.8 Å². The number of hydrogen-bond donors (Lipinski definition) is 0. The molecule has 0 saturated heterocycles. The first-order chi connectivity index (χ1) is 9.63. The smallest absolute Gasteiger partial charge is 0.277 e. The molecule has 1 rings (SSSR count). The Morgan fingerprint density at radius 1 is 1.40 bits per heavy atom. The molecular weight excluding hydrogens is 302 g/mol. The van der Waals surface area contributed by atoms with Crippen LogP contribution in [-0.4, -0.2) is 30.1 Å². The summed E-state index contributed by atoms with van der Waals surface area (Å²) in [4.78, 5) is 10.5. The summed E-state index contributed by atoms with van der Waals surface area (Å²) in [6.45, 7) is 2.60. The summed E-state index contributed by atoms with van der Waals surface area (Å²) in [6.07, 6.45) is 0.882. The number of methoxy groups -OCH3 is 1. The van der Waals surface area contributed by atoms with Gasteiger partial charge in [-0.2, -0.15) is 11.8 Å². The van der Waals surface area contributed by atoms with Crippen molar-refractivity contribution in [2.24, 2.45) is 0 Å². The summed E-state index contributed by atoms with van der Waals surface area (Å²) in [7, 11) is 1.50. The zero-order valence-corrected chi connectivity index (χ0v) is 13.1. The van der Waals surface area contributed by atoms with Crippen molar-refractivity contribution < 1.29 is 14.4 Å². The molecule has 0 N–H and O–H groups in total. The zero-order valence-electron chi connectivity index (χ0n) is 11.6. The molecule has 0 atom stereocenters. The monoisotopic (exact) mass is 319 g/mol. The highest BCUT2D eigenvalue weighted by molar-refractivity contribution is 7.99. The van der Waals surface area contributed by atoms with Crippen LogP contribution in [0.25, 0.3) is 0 Å². The fraction of sp³-hybridized carbons (Fsp3) is 0.538. The van der Waals surface area contributed by atoms with Crippen molar-refractivity contribution in [1.82, 2.24) is 0 Å². The van der Waals surface area contributed by atoms with Gasteiger partial charge in [-0.1, -0.05) is 6.92 Å². The SMILES string of the molecule is CCSCCCOc1cc([N+](=O)[O-])c(CCl)cc1OC. The number of nitro benzene ring substituents is 1. The van der Waals surface area contributed by atoms with Gasteiger partial charge in [-0.3, -0.25) is 10.1 Å². The lowest BCUT2D eigenvalue weighted by molar-refractivity contribution is -0.385.